The van der Waals surface area contributed by atoms with Crippen LogP contribution >= 0.6 is 0 Å². The number of nitrogens with zero attached hydrogens (tertiary/aromatic N) is 2. The van der Waals surface area contributed by atoms with Crippen molar-refractivity contribution in [3.05, 3.63) is 53.1 Å². The molecule has 1 heterocycles. The molecule has 2 N–H and O–H groups in total. The predicted molar refractivity (Wildman–Crippen MR) is 105 cm³/mol. The number of nitrogens with one attached hydrogen (secondary N) is 2. The number of hydrogen-bond acceptors (Lipinski definition) is 2. The molecule has 5 nitrogen and oxygen atoms in total. The Kier molecular flexibility index (Phi) is 4.84. The van der Waals surface area contributed by atoms with Gasteiger partial charge in [-0.1, -0.05) is 12.5 Å². The molecule has 2 amide bonds. The van der Waals surface area contributed by atoms with Crippen LogP contribution in [-0.4, -0.2) is 27.9 Å². The molecule has 0 aliphatic heterocycles. The second-order valence-electron chi connectivity index (χ2n) is 8.57. The Bertz CT molecular complexity index is 877. The zero-order chi connectivity index (χ0) is 19.8. The fourth-order valence-electron chi connectivity index (χ4n) is 3.27. The number of amides is 2. The average molecular weight is 370 g/mol. The monoisotopic (exact) mass is 370 g/mol. The van der Waals surface area contributed by atoms with Gasteiger partial charge >= 0.3 is 6.03 Å². The van der Waals surface area contributed by atoms with Crippen LogP contribution in [0, 0.1) is 11.2 Å². The maximum atomic E-state index is 13.2. The van der Waals surface area contributed by atoms with Crippen molar-refractivity contribution in [2.24, 2.45) is 5.41 Å². The molecule has 1 atom stereocenters. The molecule has 1 aromatic heterocycles. The highest BCUT2D eigenvalue weighted by molar-refractivity contribution is 5.75. The molecule has 0 saturated heterocycles. The zero-order valence-corrected chi connectivity index (χ0v) is 16.6. The number of carbonyl (C=O) groups is 1. The van der Waals surface area contributed by atoms with Gasteiger partial charge < -0.3 is 10.6 Å². The molecule has 27 heavy (non-hydrogen) atoms. The molecule has 1 aliphatic carbocycles. The van der Waals surface area contributed by atoms with Crippen LogP contribution in [0.2, 0.25) is 0 Å². The maximum Gasteiger partial charge on any atom is 0.315 e. The molecule has 0 bridgehead atoms. The molecule has 144 valence electrons. The van der Waals surface area contributed by atoms with Crippen molar-refractivity contribution in [1.29, 1.82) is 0 Å². The molecule has 1 aliphatic rings. The second kappa shape index (κ2) is 6.83. The molecule has 0 spiro atoms. The van der Waals surface area contributed by atoms with E-state index in [0.29, 0.717) is 6.54 Å². The van der Waals surface area contributed by atoms with Crippen molar-refractivity contribution in [2.45, 2.75) is 46.6 Å². The van der Waals surface area contributed by atoms with Gasteiger partial charge in [0.1, 0.15) is 5.82 Å². The Morgan fingerprint density at radius 2 is 1.96 bits per heavy atom. The van der Waals surface area contributed by atoms with E-state index in [4.69, 9.17) is 0 Å². The van der Waals surface area contributed by atoms with Gasteiger partial charge in [-0.3, -0.25) is 0 Å². The molecular formula is C21H27FN4O. The summed E-state index contributed by atoms with van der Waals surface area (Å²) in [4.78, 5) is 12.1. The summed E-state index contributed by atoms with van der Waals surface area (Å²) in [7, 11) is 0. The van der Waals surface area contributed by atoms with Gasteiger partial charge in [-0.2, -0.15) is 5.10 Å². The average Bonchev–Trinajstić information content (AvgIpc) is 2.95. The lowest BCUT2D eigenvalue weighted by atomic mass is 9.74. The molecule has 0 radical (unpaired) electrons. The van der Waals surface area contributed by atoms with Crippen molar-refractivity contribution >= 4 is 12.1 Å². The van der Waals surface area contributed by atoms with E-state index in [-0.39, 0.29) is 22.8 Å². The van der Waals surface area contributed by atoms with Crippen LogP contribution in [-0.2, 0) is 6.42 Å². The van der Waals surface area contributed by atoms with Gasteiger partial charge in [0.25, 0.3) is 0 Å². The van der Waals surface area contributed by atoms with Gasteiger partial charge in [0.05, 0.1) is 17.6 Å². The van der Waals surface area contributed by atoms with Gasteiger partial charge in [-0.05, 0) is 70.0 Å². The Labute approximate surface area is 159 Å². The van der Waals surface area contributed by atoms with Crippen molar-refractivity contribution in [3.63, 3.8) is 0 Å². The quantitative estimate of drug-likeness (QED) is 0.855. The summed E-state index contributed by atoms with van der Waals surface area (Å²) in [6.07, 6.45) is 4.75. The van der Waals surface area contributed by atoms with Crippen molar-refractivity contribution in [1.82, 2.24) is 20.4 Å². The first-order chi connectivity index (χ1) is 12.6. The van der Waals surface area contributed by atoms with Crippen molar-refractivity contribution < 1.29 is 9.18 Å². The Morgan fingerprint density at radius 3 is 2.59 bits per heavy atom. The standard InChI is InChI=1S/C21H27FN4O/c1-14-10-18-15(12-24-26(18)17-8-6-16(22)7-9-17)11-21(14,5)13-23-19(27)25-20(2,3)4/h6-10,12H,11,13H2,1-5H3,(H2,23,25,27)/t21-/m1/s1. The van der Waals surface area contributed by atoms with E-state index in [0.717, 1.165) is 23.4 Å². The lowest BCUT2D eigenvalue weighted by molar-refractivity contribution is 0.226. The second-order valence-corrected chi connectivity index (χ2v) is 8.57. The first kappa shape index (κ1) is 19.1. The van der Waals surface area contributed by atoms with Crippen LogP contribution in [0.25, 0.3) is 11.8 Å². The summed E-state index contributed by atoms with van der Waals surface area (Å²) in [5.74, 6) is -0.265. The van der Waals surface area contributed by atoms with Crippen LogP contribution in [0.15, 0.2) is 36.0 Å². The van der Waals surface area contributed by atoms with E-state index in [1.807, 2.05) is 31.6 Å². The number of hydrogen-bond donors (Lipinski definition) is 2. The minimum Gasteiger partial charge on any atom is -0.337 e. The van der Waals surface area contributed by atoms with Crippen LogP contribution in [0.4, 0.5) is 9.18 Å². The third kappa shape index (κ3) is 4.21. The Hall–Kier alpha value is -2.63. The highest BCUT2D eigenvalue weighted by atomic mass is 19.1. The third-order valence-corrected chi connectivity index (χ3v) is 4.97. The molecule has 0 saturated carbocycles. The number of carbonyl (C=O) groups excluding carboxylic acids is 1. The van der Waals surface area contributed by atoms with Crippen LogP contribution in [0.3, 0.4) is 0 Å². The fraction of sp³-hybridized carbons (Fsp3) is 0.429. The minimum atomic E-state index is -0.272. The smallest absolute Gasteiger partial charge is 0.315 e. The minimum absolute atomic E-state index is 0.163. The van der Waals surface area contributed by atoms with E-state index in [9.17, 15) is 9.18 Å². The van der Waals surface area contributed by atoms with Crippen molar-refractivity contribution in [3.8, 4) is 5.69 Å². The van der Waals surface area contributed by atoms with E-state index in [1.165, 1.54) is 17.7 Å². The summed E-state index contributed by atoms with van der Waals surface area (Å²) in [6, 6.07) is 6.15. The van der Waals surface area contributed by atoms with Crippen LogP contribution < -0.4 is 10.6 Å². The summed E-state index contributed by atoms with van der Waals surface area (Å²) >= 11 is 0. The number of urea groups is 1. The number of halogens is 1. The lowest BCUT2D eigenvalue weighted by Crippen LogP contribution is -2.49. The van der Waals surface area contributed by atoms with E-state index < -0.39 is 0 Å². The largest absolute Gasteiger partial charge is 0.337 e. The number of rotatable bonds is 3. The zero-order valence-electron chi connectivity index (χ0n) is 16.6. The van der Waals surface area contributed by atoms with E-state index in [1.54, 1.807) is 12.1 Å². The Balaban J connectivity index is 1.79. The van der Waals surface area contributed by atoms with Crippen molar-refractivity contribution in [2.75, 3.05) is 6.54 Å². The topological polar surface area (TPSA) is 59.0 Å². The SMILES string of the molecule is CC1=Cc2c(cnn2-c2ccc(F)cc2)C[C@]1(C)CNC(=O)NC(C)(C)C. The highest BCUT2D eigenvalue weighted by Crippen LogP contribution is 2.38. The summed E-state index contributed by atoms with van der Waals surface area (Å²) in [5.41, 5.74) is 3.68. The Morgan fingerprint density at radius 1 is 1.30 bits per heavy atom. The molecule has 2 aromatic rings. The lowest BCUT2D eigenvalue weighted by Gasteiger charge is -2.34. The number of fused-ring (bicyclic) bond motifs is 1. The molecule has 0 unspecified atom stereocenters. The number of benzene rings is 1. The van der Waals surface area contributed by atoms with Gasteiger partial charge in [0.2, 0.25) is 0 Å². The van der Waals surface area contributed by atoms with Crippen LogP contribution in [0.5, 0.6) is 0 Å². The normalized spacial score (nSPS) is 19.3. The first-order valence-corrected chi connectivity index (χ1v) is 9.15. The van der Waals surface area contributed by atoms with Gasteiger partial charge in [0, 0.05) is 17.5 Å². The van der Waals surface area contributed by atoms with Crippen LogP contribution in [0.1, 0.15) is 45.9 Å². The van der Waals surface area contributed by atoms with Gasteiger partial charge in [0.15, 0.2) is 0 Å². The number of aromatic nitrogens is 2. The van der Waals surface area contributed by atoms with E-state index in [2.05, 4.69) is 35.7 Å². The fourth-order valence-corrected chi connectivity index (χ4v) is 3.27. The molecule has 3 rings (SSSR count). The van der Waals surface area contributed by atoms with E-state index >= 15 is 0 Å². The first-order valence-electron chi connectivity index (χ1n) is 9.15. The third-order valence-electron chi connectivity index (χ3n) is 4.97. The van der Waals surface area contributed by atoms with Gasteiger partial charge in [-0.15, -0.1) is 0 Å². The summed E-state index contributed by atoms with van der Waals surface area (Å²) in [5, 5.41) is 10.4. The maximum absolute atomic E-state index is 13.2. The summed E-state index contributed by atoms with van der Waals surface area (Å²) in [6.45, 7) is 10.6. The predicted octanol–water partition coefficient (Wildman–Crippen LogP) is 4.07. The van der Waals surface area contributed by atoms with Gasteiger partial charge in [-0.25, -0.2) is 13.9 Å². The highest BCUT2D eigenvalue weighted by Gasteiger charge is 2.33. The molecular weight excluding hydrogens is 343 g/mol. The molecule has 0 fully saturated rings. The summed E-state index contributed by atoms with van der Waals surface area (Å²) < 4.78 is 15.0. The molecule has 1 aromatic carbocycles. The molecule has 6 heteroatoms.